The molecule has 34 heavy (non-hydrogen) atoms. The number of anilines is 1. The summed E-state index contributed by atoms with van der Waals surface area (Å²) >= 11 is 6.14. The number of piperazine rings is 1. The molecule has 0 bridgehead atoms. The van der Waals surface area contributed by atoms with Crippen molar-refractivity contribution in [3.63, 3.8) is 0 Å². The first kappa shape index (κ1) is 22.4. The molecule has 0 N–H and O–H groups in total. The molecule has 0 saturated carbocycles. The molecule has 2 amide bonds. The van der Waals surface area contributed by atoms with Crippen molar-refractivity contribution in [2.24, 2.45) is 0 Å². The van der Waals surface area contributed by atoms with E-state index in [4.69, 9.17) is 11.6 Å². The number of carbonyl (C=O) groups excluding carboxylic acids is 2. The maximum Gasteiger partial charge on any atom is 0.258 e. The number of rotatable bonds is 5. The molecule has 0 aromatic heterocycles. The van der Waals surface area contributed by atoms with Crippen molar-refractivity contribution in [1.82, 2.24) is 9.80 Å². The minimum atomic E-state index is -0.190. The molecule has 2 aliphatic heterocycles. The summed E-state index contributed by atoms with van der Waals surface area (Å²) in [6.07, 6.45) is 0.125. The topological polar surface area (TPSA) is 43.9 Å². The molecule has 3 aromatic carbocycles. The fourth-order valence-electron chi connectivity index (χ4n) is 4.68. The Kier molecular flexibility index (Phi) is 6.48. The van der Waals surface area contributed by atoms with Crippen LogP contribution in [0, 0.1) is 0 Å². The summed E-state index contributed by atoms with van der Waals surface area (Å²) in [5.41, 5.74) is 4.40. The molecule has 5 rings (SSSR count). The van der Waals surface area contributed by atoms with Crippen LogP contribution >= 0.6 is 11.6 Å². The van der Waals surface area contributed by atoms with Gasteiger partial charge in [-0.15, -0.1) is 0 Å². The van der Waals surface area contributed by atoms with Crippen molar-refractivity contribution in [3.8, 4) is 0 Å². The van der Waals surface area contributed by atoms with Crippen LogP contribution < -0.4 is 4.90 Å². The van der Waals surface area contributed by atoms with Crippen LogP contribution in [0.1, 0.15) is 17.5 Å². The minimum absolute atomic E-state index is 0.125. The number of nitrogens with zero attached hydrogens (tertiary/aromatic N) is 3. The number of carbonyl (C=O) groups is 2. The normalized spacial score (nSPS) is 16.9. The predicted octanol–water partition coefficient (Wildman–Crippen LogP) is 4.68. The lowest BCUT2D eigenvalue weighted by molar-refractivity contribution is -0.140. The first-order valence-corrected chi connectivity index (χ1v) is 11.9. The van der Waals surface area contributed by atoms with Crippen LogP contribution in [0.3, 0.4) is 0 Å². The zero-order chi connectivity index (χ0) is 23.5. The SMILES string of the molecule is O=C1CC(=C(c2ccccc2)c2ccccc2)C(=O)N1CN1CCN(c2cccc(Cl)c2)CC1. The van der Waals surface area contributed by atoms with E-state index in [1.54, 1.807) is 0 Å². The monoisotopic (exact) mass is 471 g/mol. The van der Waals surface area contributed by atoms with Gasteiger partial charge in [-0.2, -0.15) is 0 Å². The van der Waals surface area contributed by atoms with Crippen LogP contribution in [-0.2, 0) is 9.59 Å². The lowest BCUT2D eigenvalue weighted by atomic mass is 9.92. The Morgan fingerprint density at radius 1 is 0.765 bits per heavy atom. The standard InChI is InChI=1S/C28H26ClN3O2/c29-23-12-7-13-24(18-23)31-16-14-30(15-17-31)20-32-26(33)19-25(28(32)34)27(21-8-3-1-4-9-21)22-10-5-2-6-11-22/h1-13,18H,14-17,19-20H2. The largest absolute Gasteiger partial charge is 0.369 e. The van der Waals surface area contributed by atoms with Crippen LogP contribution in [0.15, 0.2) is 90.5 Å². The average Bonchev–Trinajstić information content (AvgIpc) is 3.14. The number of halogens is 1. The summed E-state index contributed by atoms with van der Waals surface area (Å²) in [4.78, 5) is 32.3. The third-order valence-electron chi connectivity index (χ3n) is 6.45. The van der Waals surface area contributed by atoms with E-state index in [0.29, 0.717) is 12.2 Å². The smallest absolute Gasteiger partial charge is 0.258 e. The summed E-state index contributed by atoms with van der Waals surface area (Å²) in [6, 6.07) is 27.5. The fraction of sp³-hybridized carbons (Fsp3) is 0.214. The van der Waals surface area contributed by atoms with Gasteiger partial charge in [0.05, 0.1) is 13.1 Å². The summed E-state index contributed by atoms with van der Waals surface area (Å²) in [5.74, 6) is -0.327. The molecule has 2 aliphatic rings. The Balaban J connectivity index is 1.34. The molecule has 6 heteroatoms. The molecule has 5 nitrogen and oxygen atoms in total. The molecule has 2 saturated heterocycles. The molecule has 172 valence electrons. The Labute approximate surface area is 204 Å². The van der Waals surface area contributed by atoms with Gasteiger partial charge in [0, 0.05) is 42.5 Å². The molecule has 0 unspecified atom stereocenters. The molecule has 3 aromatic rings. The quantitative estimate of drug-likeness (QED) is 0.400. The van der Waals surface area contributed by atoms with E-state index >= 15 is 0 Å². The van der Waals surface area contributed by atoms with Crippen molar-refractivity contribution < 1.29 is 9.59 Å². The highest BCUT2D eigenvalue weighted by molar-refractivity contribution is 6.30. The number of likely N-dealkylation sites (tertiary alicyclic amines) is 1. The molecular formula is C28H26ClN3O2. The van der Waals surface area contributed by atoms with Gasteiger partial charge in [-0.05, 0) is 34.9 Å². The average molecular weight is 472 g/mol. The summed E-state index contributed by atoms with van der Waals surface area (Å²) in [5, 5.41) is 0.722. The lowest BCUT2D eigenvalue weighted by Crippen LogP contribution is -2.51. The van der Waals surface area contributed by atoms with E-state index in [1.807, 2.05) is 78.9 Å². The highest BCUT2D eigenvalue weighted by Crippen LogP contribution is 2.33. The van der Waals surface area contributed by atoms with Crippen LogP contribution in [0.25, 0.3) is 5.57 Å². The Hall–Kier alpha value is -3.41. The predicted molar refractivity (Wildman–Crippen MR) is 135 cm³/mol. The molecular weight excluding hydrogens is 446 g/mol. The Morgan fingerprint density at radius 3 is 1.97 bits per heavy atom. The first-order valence-electron chi connectivity index (χ1n) is 11.5. The zero-order valence-electron chi connectivity index (χ0n) is 18.9. The van der Waals surface area contributed by atoms with Gasteiger partial charge in [0.15, 0.2) is 0 Å². The van der Waals surface area contributed by atoms with E-state index in [-0.39, 0.29) is 18.2 Å². The number of imide groups is 1. The fourth-order valence-corrected chi connectivity index (χ4v) is 4.87. The molecule has 0 spiro atoms. The van der Waals surface area contributed by atoms with E-state index in [9.17, 15) is 9.59 Å². The molecule has 2 heterocycles. The van der Waals surface area contributed by atoms with Crippen molar-refractivity contribution >= 4 is 34.7 Å². The Bertz CT molecular complexity index is 1180. The number of hydrogen-bond acceptors (Lipinski definition) is 4. The van der Waals surface area contributed by atoms with Crippen molar-refractivity contribution in [2.75, 3.05) is 37.7 Å². The van der Waals surface area contributed by atoms with Gasteiger partial charge in [-0.3, -0.25) is 19.4 Å². The second-order valence-electron chi connectivity index (χ2n) is 8.62. The maximum absolute atomic E-state index is 13.5. The lowest BCUT2D eigenvalue weighted by Gasteiger charge is -2.37. The first-order chi connectivity index (χ1) is 16.6. The van der Waals surface area contributed by atoms with Gasteiger partial charge in [0.25, 0.3) is 5.91 Å². The van der Waals surface area contributed by atoms with E-state index in [2.05, 4.69) is 15.9 Å². The third kappa shape index (κ3) is 4.63. The number of amides is 2. The number of benzene rings is 3. The third-order valence-corrected chi connectivity index (χ3v) is 6.68. The van der Waals surface area contributed by atoms with Gasteiger partial charge in [0.1, 0.15) is 0 Å². The van der Waals surface area contributed by atoms with Crippen molar-refractivity contribution in [2.45, 2.75) is 6.42 Å². The zero-order valence-corrected chi connectivity index (χ0v) is 19.6. The molecule has 0 radical (unpaired) electrons. The van der Waals surface area contributed by atoms with E-state index in [0.717, 1.165) is 53.6 Å². The van der Waals surface area contributed by atoms with Crippen molar-refractivity contribution in [1.29, 1.82) is 0 Å². The van der Waals surface area contributed by atoms with E-state index in [1.165, 1.54) is 4.90 Å². The summed E-state index contributed by atoms with van der Waals surface area (Å²) in [7, 11) is 0. The van der Waals surface area contributed by atoms with E-state index < -0.39 is 0 Å². The molecule has 0 atom stereocenters. The van der Waals surface area contributed by atoms with Gasteiger partial charge < -0.3 is 4.90 Å². The molecule has 0 aliphatic carbocycles. The Morgan fingerprint density at radius 2 is 1.38 bits per heavy atom. The highest BCUT2D eigenvalue weighted by atomic mass is 35.5. The summed E-state index contributed by atoms with van der Waals surface area (Å²) < 4.78 is 0. The summed E-state index contributed by atoms with van der Waals surface area (Å²) in [6.45, 7) is 3.50. The van der Waals surface area contributed by atoms with Gasteiger partial charge in [-0.1, -0.05) is 78.3 Å². The van der Waals surface area contributed by atoms with Crippen LogP contribution in [0.4, 0.5) is 5.69 Å². The second-order valence-corrected chi connectivity index (χ2v) is 9.05. The number of hydrogen-bond donors (Lipinski definition) is 0. The molecule has 2 fully saturated rings. The van der Waals surface area contributed by atoms with Gasteiger partial charge >= 0.3 is 0 Å². The van der Waals surface area contributed by atoms with Crippen LogP contribution in [0.2, 0.25) is 5.02 Å². The van der Waals surface area contributed by atoms with Gasteiger partial charge in [0.2, 0.25) is 5.91 Å². The van der Waals surface area contributed by atoms with Crippen LogP contribution in [-0.4, -0.2) is 54.5 Å². The van der Waals surface area contributed by atoms with Crippen molar-refractivity contribution in [3.05, 3.63) is 107 Å². The highest BCUT2D eigenvalue weighted by Gasteiger charge is 2.37. The maximum atomic E-state index is 13.5. The van der Waals surface area contributed by atoms with Crippen LogP contribution in [0.5, 0.6) is 0 Å². The van der Waals surface area contributed by atoms with Gasteiger partial charge in [-0.25, -0.2) is 0 Å². The second kappa shape index (κ2) is 9.84. The minimum Gasteiger partial charge on any atom is -0.369 e.